The van der Waals surface area contributed by atoms with E-state index in [1.54, 1.807) is 0 Å². The molecule has 1 unspecified atom stereocenters. The third kappa shape index (κ3) is 4.51. The first-order valence-corrected chi connectivity index (χ1v) is 12.2. The minimum atomic E-state index is -0.109. The molecule has 0 saturated carbocycles. The second-order valence-corrected chi connectivity index (χ2v) is 9.66. The Labute approximate surface area is 195 Å². The summed E-state index contributed by atoms with van der Waals surface area (Å²) < 4.78 is 0. The number of anilines is 1. The lowest BCUT2D eigenvalue weighted by atomic mass is 10.0. The quantitative estimate of drug-likeness (QED) is 0.703. The minimum absolute atomic E-state index is 0.0977. The lowest BCUT2D eigenvalue weighted by Gasteiger charge is -2.31. The van der Waals surface area contributed by atoms with Crippen molar-refractivity contribution in [3.8, 4) is 0 Å². The predicted molar refractivity (Wildman–Crippen MR) is 127 cm³/mol. The highest BCUT2D eigenvalue weighted by molar-refractivity contribution is 5.95. The summed E-state index contributed by atoms with van der Waals surface area (Å²) >= 11 is 0. The molecule has 0 N–H and O–H groups in total. The molecule has 2 saturated heterocycles. The second kappa shape index (κ2) is 9.21. The van der Waals surface area contributed by atoms with E-state index in [0.29, 0.717) is 31.8 Å². The summed E-state index contributed by atoms with van der Waals surface area (Å²) in [4.78, 5) is 41.9. The van der Waals surface area contributed by atoms with Crippen LogP contribution in [0.5, 0.6) is 0 Å². The van der Waals surface area contributed by atoms with Crippen molar-refractivity contribution in [1.82, 2.24) is 19.8 Å². The Kier molecular flexibility index (Phi) is 6.15. The monoisotopic (exact) mass is 447 g/mol. The van der Waals surface area contributed by atoms with E-state index in [1.165, 1.54) is 18.4 Å². The van der Waals surface area contributed by atoms with Crippen LogP contribution in [-0.4, -0.2) is 57.8 Å². The fraction of sp³-hybridized carbons (Fsp3) is 0.538. The summed E-state index contributed by atoms with van der Waals surface area (Å²) in [5.74, 6) is 1.68. The van der Waals surface area contributed by atoms with Crippen LogP contribution >= 0.6 is 0 Å². The van der Waals surface area contributed by atoms with Gasteiger partial charge in [0.25, 0.3) is 0 Å². The van der Waals surface area contributed by atoms with Crippen molar-refractivity contribution in [3.63, 3.8) is 0 Å². The highest BCUT2D eigenvalue weighted by Crippen LogP contribution is 2.35. The van der Waals surface area contributed by atoms with E-state index in [2.05, 4.69) is 36.1 Å². The van der Waals surface area contributed by atoms with Crippen molar-refractivity contribution in [2.45, 2.75) is 65.0 Å². The van der Waals surface area contributed by atoms with Crippen molar-refractivity contribution in [3.05, 3.63) is 52.5 Å². The van der Waals surface area contributed by atoms with E-state index in [1.807, 2.05) is 16.7 Å². The number of likely N-dealkylation sites (tertiary alicyclic amines) is 2. The van der Waals surface area contributed by atoms with Crippen LogP contribution in [0.25, 0.3) is 0 Å². The molecule has 0 spiro atoms. The highest BCUT2D eigenvalue weighted by atomic mass is 16.2. The molecule has 7 heteroatoms. The van der Waals surface area contributed by atoms with E-state index < -0.39 is 0 Å². The maximum Gasteiger partial charge on any atom is 0.237 e. The summed E-state index contributed by atoms with van der Waals surface area (Å²) in [6.45, 7) is 7.83. The molecule has 3 aliphatic rings. The van der Waals surface area contributed by atoms with Crippen molar-refractivity contribution < 1.29 is 9.59 Å². The Morgan fingerprint density at radius 2 is 1.76 bits per heavy atom. The van der Waals surface area contributed by atoms with Gasteiger partial charge >= 0.3 is 0 Å². The van der Waals surface area contributed by atoms with Crippen LogP contribution in [0.4, 0.5) is 5.82 Å². The average Bonchev–Trinajstić information content (AvgIpc) is 3.49. The fourth-order valence-corrected chi connectivity index (χ4v) is 5.35. The van der Waals surface area contributed by atoms with Gasteiger partial charge in [-0.05, 0) is 64.6 Å². The summed E-state index contributed by atoms with van der Waals surface area (Å²) in [5, 5.41) is 0. The molecule has 7 nitrogen and oxygen atoms in total. The van der Waals surface area contributed by atoms with Crippen LogP contribution < -0.4 is 4.90 Å². The van der Waals surface area contributed by atoms with Crippen LogP contribution in [-0.2, 0) is 22.6 Å². The van der Waals surface area contributed by atoms with Crippen molar-refractivity contribution in [2.24, 2.45) is 0 Å². The Balaban J connectivity index is 1.43. The largest absolute Gasteiger partial charge is 0.331 e. The zero-order valence-corrected chi connectivity index (χ0v) is 19.7. The lowest BCUT2D eigenvalue weighted by Crippen LogP contribution is -2.40. The van der Waals surface area contributed by atoms with Crippen molar-refractivity contribution >= 4 is 17.6 Å². The molecule has 3 aliphatic heterocycles. The van der Waals surface area contributed by atoms with Gasteiger partial charge < -0.3 is 4.90 Å². The molecule has 0 bridgehead atoms. The number of rotatable bonds is 5. The van der Waals surface area contributed by atoms with Gasteiger partial charge in [0.15, 0.2) is 5.82 Å². The van der Waals surface area contributed by atoms with Crippen LogP contribution in [0.2, 0.25) is 0 Å². The summed E-state index contributed by atoms with van der Waals surface area (Å²) in [6.07, 6.45) is 5.33. The number of benzene rings is 1. The third-order valence-electron chi connectivity index (χ3n) is 7.24. The Bertz CT molecular complexity index is 1050. The molecule has 1 aromatic heterocycles. The van der Waals surface area contributed by atoms with Crippen LogP contribution in [0.15, 0.2) is 24.3 Å². The lowest BCUT2D eigenvalue weighted by molar-refractivity contribution is -0.133. The maximum atomic E-state index is 13.1. The number of hydrogen-bond donors (Lipinski definition) is 0. The van der Waals surface area contributed by atoms with Crippen LogP contribution in [0.1, 0.15) is 66.4 Å². The van der Waals surface area contributed by atoms with E-state index >= 15 is 0 Å². The Hall–Kier alpha value is -2.80. The normalized spacial score (nSPS) is 21.0. The van der Waals surface area contributed by atoms with Gasteiger partial charge in [0.1, 0.15) is 5.82 Å². The minimum Gasteiger partial charge on any atom is -0.331 e. The molecule has 0 radical (unpaired) electrons. The first-order valence-electron chi connectivity index (χ1n) is 12.2. The zero-order chi connectivity index (χ0) is 22.9. The Morgan fingerprint density at radius 1 is 1.00 bits per heavy atom. The molecule has 174 valence electrons. The predicted octanol–water partition coefficient (Wildman–Crippen LogP) is 3.33. The summed E-state index contributed by atoms with van der Waals surface area (Å²) in [7, 11) is 0. The number of carbonyl (C=O) groups is 2. The van der Waals surface area contributed by atoms with Gasteiger partial charge in [0.2, 0.25) is 11.8 Å². The fourth-order valence-electron chi connectivity index (χ4n) is 5.35. The average molecular weight is 448 g/mol. The SMILES string of the molecule is Cc1ccc(CN2C(=O)CCc3c(C)nc(C4CCCN4C(=O)CN4CCCC4)nc32)cc1. The van der Waals surface area contributed by atoms with E-state index in [9.17, 15) is 9.59 Å². The molecule has 0 aliphatic carbocycles. The molecule has 4 heterocycles. The number of hydrogen-bond acceptors (Lipinski definition) is 5. The number of amides is 2. The second-order valence-electron chi connectivity index (χ2n) is 9.66. The Morgan fingerprint density at radius 3 is 2.52 bits per heavy atom. The van der Waals surface area contributed by atoms with Gasteiger partial charge in [-0.25, -0.2) is 9.97 Å². The molecule has 1 atom stereocenters. The van der Waals surface area contributed by atoms with Gasteiger partial charge in [-0.2, -0.15) is 0 Å². The maximum absolute atomic E-state index is 13.1. The standard InChI is InChI=1S/C26H33N5O2/c1-18-7-9-20(10-8-18)16-31-23(32)12-11-21-19(2)27-25(28-26(21)31)22-6-5-15-30(22)24(33)17-29-13-3-4-14-29/h7-10,22H,3-6,11-17H2,1-2H3. The first-order chi connectivity index (χ1) is 16.0. The van der Waals surface area contributed by atoms with Gasteiger partial charge in [-0.1, -0.05) is 29.8 Å². The topological polar surface area (TPSA) is 69.6 Å². The number of carbonyl (C=O) groups excluding carboxylic acids is 2. The molecule has 2 fully saturated rings. The van der Waals surface area contributed by atoms with Crippen LogP contribution in [0.3, 0.4) is 0 Å². The number of nitrogens with zero attached hydrogens (tertiary/aromatic N) is 5. The number of aromatic nitrogens is 2. The molecule has 2 aromatic rings. The summed E-state index contributed by atoms with van der Waals surface area (Å²) in [5.41, 5.74) is 4.26. The van der Waals surface area contributed by atoms with E-state index in [4.69, 9.17) is 9.97 Å². The number of aryl methyl sites for hydroxylation is 2. The van der Waals surface area contributed by atoms with E-state index in [0.717, 1.165) is 55.1 Å². The molecular formula is C26H33N5O2. The third-order valence-corrected chi connectivity index (χ3v) is 7.24. The van der Waals surface area contributed by atoms with Gasteiger partial charge in [0, 0.05) is 24.2 Å². The van der Waals surface area contributed by atoms with E-state index in [-0.39, 0.29) is 17.9 Å². The first kappa shape index (κ1) is 22.0. The molecular weight excluding hydrogens is 414 g/mol. The summed E-state index contributed by atoms with van der Waals surface area (Å²) in [6, 6.07) is 8.18. The van der Waals surface area contributed by atoms with Crippen LogP contribution in [0, 0.1) is 13.8 Å². The van der Waals surface area contributed by atoms with Gasteiger partial charge in [0.05, 0.1) is 19.1 Å². The van der Waals surface area contributed by atoms with Crippen molar-refractivity contribution in [2.75, 3.05) is 31.1 Å². The number of fused-ring (bicyclic) bond motifs is 1. The molecule has 1 aromatic carbocycles. The van der Waals surface area contributed by atoms with Crippen molar-refractivity contribution in [1.29, 1.82) is 0 Å². The molecule has 5 rings (SSSR count). The molecule has 33 heavy (non-hydrogen) atoms. The van der Waals surface area contributed by atoms with Gasteiger partial charge in [-0.3, -0.25) is 19.4 Å². The zero-order valence-electron chi connectivity index (χ0n) is 19.7. The highest BCUT2D eigenvalue weighted by Gasteiger charge is 2.35. The smallest absolute Gasteiger partial charge is 0.237 e. The van der Waals surface area contributed by atoms with Gasteiger partial charge in [-0.15, -0.1) is 0 Å². The molecule has 2 amide bonds.